The van der Waals surface area contributed by atoms with Crippen LogP contribution in [0.1, 0.15) is 47.8 Å². The van der Waals surface area contributed by atoms with Crippen LogP contribution in [-0.2, 0) is 19.8 Å². The van der Waals surface area contributed by atoms with Crippen molar-refractivity contribution in [2.45, 2.75) is 44.8 Å². The fourth-order valence-corrected chi connectivity index (χ4v) is 3.90. The summed E-state index contributed by atoms with van der Waals surface area (Å²) in [4.78, 5) is 0. The Labute approximate surface area is 169 Å². The van der Waals surface area contributed by atoms with Gasteiger partial charge in [0, 0.05) is 25.7 Å². The molecule has 5 rings (SSSR count). The molecule has 0 spiro atoms. The maximum Gasteiger partial charge on any atom is 0.420 e. The summed E-state index contributed by atoms with van der Waals surface area (Å²) in [5.74, 6) is 0.843. The Morgan fingerprint density at radius 3 is 2.60 bits per heavy atom. The van der Waals surface area contributed by atoms with Gasteiger partial charge in [-0.2, -0.15) is 33.0 Å². The van der Waals surface area contributed by atoms with Crippen molar-refractivity contribution in [3.05, 3.63) is 47.2 Å². The quantitative estimate of drug-likeness (QED) is 0.510. The molecule has 0 aromatic carbocycles. The minimum atomic E-state index is -4.57. The molecule has 0 bridgehead atoms. The van der Waals surface area contributed by atoms with Crippen LogP contribution >= 0.6 is 0 Å². The summed E-state index contributed by atoms with van der Waals surface area (Å²) in [6, 6.07) is 2.88. The second-order valence-electron chi connectivity index (χ2n) is 7.59. The molecule has 1 aliphatic carbocycles. The maximum atomic E-state index is 13.7. The van der Waals surface area contributed by atoms with E-state index < -0.39 is 11.7 Å². The van der Waals surface area contributed by atoms with Crippen molar-refractivity contribution in [3.8, 4) is 11.4 Å². The lowest BCUT2D eigenvalue weighted by Gasteiger charge is -2.10. The monoisotopic (exact) mass is 416 g/mol. The number of rotatable bonds is 4. The first kappa shape index (κ1) is 18.8. The molecule has 0 saturated heterocycles. The molecule has 4 heterocycles. The predicted octanol–water partition coefficient (Wildman–Crippen LogP) is 3.34. The largest absolute Gasteiger partial charge is 0.420 e. The Morgan fingerprint density at radius 1 is 1.13 bits per heavy atom. The van der Waals surface area contributed by atoms with Gasteiger partial charge in [-0.05, 0) is 43.9 Å². The van der Waals surface area contributed by atoms with Crippen molar-refractivity contribution < 1.29 is 13.2 Å². The predicted molar refractivity (Wildman–Crippen MR) is 101 cm³/mol. The normalized spacial score (nSPS) is 19.0. The van der Waals surface area contributed by atoms with Gasteiger partial charge in [0.15, 0.2) is 11.5 Å². The zero-order valence-electron chi connectivity index (χ0n) is 16.6. The summed E-state index contributed by atoms with van der Waals surface area (Å²) in [6.07, 6.45) is 0.210. The number of nitrogens with zero attached hydrogens (tertiary/aromatic N) is 8. The number of hydrogen-bond acceptors (Lipinski definition) is 5. The molecule has 1 saturated carbocycles. The van der Waals surface area contributed by atoms with Crippen molar-refractivity contribution in [1.29, 1.82) is 0 Å². The highest BCUT2D eigenvalue weighted by molar-refractivity contribution is 5.61. The van der Waals surface area contributed by atoms with Crippen LogP contribution in [0.4, 0.5) is 13.2 Å². The van der Waals surface area contributed by atoms with Gasteiger partial charge >= 0.3 is 6.18 Å². The molecule has 2 unspecified atom stereocenters. The van der Waals surface area contributed by atoms with Gasteiger partial charge in [-0.15, -0.1) is 10.2 Å². The number of fused-ring (bicyclic) bond motifs is 1. The van der Waals surface area contributed by atoms with Crippen LogP contribution in [0.15, 0.2) is 24.5 Å². The van der Waals surface area contributed by atoms with E-state index in [2.05, 4.69) is 25.5 Å². The second-order valence-corrected chi connectivity index (χ2v) is 7.59. The summed E-state index contributed by atoms with van der Waals surface area (Å²) < 4.78 is 45.6. The minimum Gasteiger partial charge on any atom is -0.276 e. The third-order valence-electron chi connectivity index (χ3n) is 5.52. The van der Waals surface area contributed by atoms with Gasteiger partial charge in [0.2, 0.25) is 0 Å². The molecule has 1 aliphatic rings. The molecule has 1 fully saturated rings. The van der Waals surface area contributed by atoms with Crippen LogP contribution < -0.4 is 0 Å². The van der Waals surface area contributed by atoms with E-state index >= 15 is 0 Å². The molecule has 8 nitrogen and oxygen atoms in total. The van der Waals surface area contributed by atoms with Gasteiger partial charge < -0.3 is 0 Å². The molecule has 11 heteroatoms. The summed E-state index contributed by atoms with van der Waals surface area (Å²) in [6.45, 7) is 3.99. The third-order valence-corrected chi connectivity index (χ3v) is 5.52. The number of alkyl halides is 3. The Morgan fingerprint density at radius 2 is 1.93 bits per heavy atom. The highest BCUT2D eigenvalue weighted by atomic mass is 19.4. The number of aromatic nitrogens is 8. The Kier molecular flexibility index (Phi) is 3.99. The van der Waals surface area contributed by atoms with Crippen LogP contribution in [0.3, 0.4) is 0 Å². The molecular formula is C19H19F3N8. The van der Waals surface area contributed by atoms with E-state index in [-0.39, 0.29) is 17.3 Å². The fourth-order valence-electron chi connectivity index (χ4n) is 3.90. The number of halogens is 3. The number of aryl methyl sites for hydroxylation is 3. The van der Waals surface area contributed by atoms with Crippen LogP contribution in [0.25, 0.3) is 17.0 Å². The average Bonchev–Trinajstić information content (AvgIpc) is 3.01. The first-order valence-electron chi connectivity index (χ1n) is 9.63. The van der Waals surface area contributed by atoms with Gasteiger partial charge in [-0.25, -0.2) is 0 Å². The van der Waals surface area contributed by atoms with E-state index in [1.54, 1.807) is 16.3 Å². The smallest absolute Gasteiger partial charge is 0.276 e. The summed E-state index contributed by atoms with van der Waals surface area (Å²) in [7, 11) is 1.87. The van der Waals surface area contributed by atoms with Gasteiger partial charge in [0.1, 0.15) is 11.3 Å². The van der Waals surface area contributed by atoms with E-state index in [0.29, 0.717) is 24.0 Å². The Hall–Kier alpha value is -3.24. The van der Waals surface area contributed by atoms with Crippen molar-refractivity contribution in [2.24, 2.45) is 7.05 Å². The highest BCUT2D eigenvalue weighted by Crippen LogP contribution is 2.54. The molecule has 0 N–H and O–H groups in total. The van der Waals surface area contributed by atoms with Gasteiger partial charge in [-0.3, -0.25) is 9.36 Å². The van der Waals surface area contributed by atoms with E-state index in [9.17, 15) is 13.2 Å². The molecule has 0 amide bonds. The minimum absolute atomic E-state index is 0.192. The molecule has 4 aromatic rings. The van der Waals surface area contributed by atoms with Crippen LogP contribution in [0.2, 0.25) is 0 Å². The van der Waals surface area contributed by atoms with Gasteiger partial charge in [0.05, 0.1) is 17.6 Å². The molecule has 30 heavy (non-hydrogen) atoms. The van der Waals surface area contributed by atoms with Crippen molar-refractivity contribution >= 4 is 5.65 Å². The van der Waals surface area contributed by atoms with Gasteiger partial charge in [-0.1, -0.05) is 0 Å². The molecule has 0 radical (unpaired) electrons. The van der Waals surface area contributed by atoms with Crippen molar-refractivity contribution in [1.82, 2.24) is 39.4 Å². The van der Waals surface area contributed by atoms with E-state index in [1.807, 2.05) is 32.4 Å². The second kappa shape index (κ2) is 6.38. The molecule has 0 aliphatic heterocycles. The molecule has 2 atom stereocenters. The lowest BCUT2D eigenvalue weighted by atomic mass is 10.1. The average molecular weight is 416 g/mol. The molecule has 4 aromatic heterocycles. The maximum absolute atomic E-state index is 13.7. The zero-order valence-corrected chi connectivity index (χ0v) is 16.6. The lowest BCUT2D eigenvalue weighted by molar-refractivity contribution is -0.136. The fraction of sp³-hybridized carbons (Fsp3) is 0.421. The Balaban J connectivity index is 1.58. The molecular weight excluding hydrogens is 397 g/mol. The topological polar surface area (TPSA) is 78.7 Å². The third kappa shape index (κ3) is 2.96. The summed E-state index contributed by atoms with van der Waals surface area (Å²) >= 11 is 0. The van der Waals surface area contributed by atoms with E-state index in [4.69, 9.17) is 0 Å². The van der Waals surface area contributed by atoms with Crippen molar-refractivity contribution in [3.63, 3.8) is 0 Å². The lowest BCUT2D eigenvalue weighted by Crippen LogP contribution is -2.11. The van der Waals surface area contributed by atoms with E-state index in [1.165, 1.54) is 0 Å². The van der Waals surface area contributed by atoms with Crippen LogP contribution in [-0.4, -0.2) is 39.4 Å². The summed E-state index contributed by atoms with van der Waals surface area (Å²) in [5.41, 5.74) is 1.58. The standard InChI is InChI=1S/C19H19F3N8/c1-4-29-17(7-15(26-29)13-5-12(13)11-8-23-28(3)9-11)16-6-14(19(20,21)22)18-25-24-10(2)30(18)27-16/h6-9,12-13H,4-5H2,1-3H3. The van der Waals surface area contributed by atoms with Gasteiger partial charge in [0.25, 0.3) is 0 Å². The van der Waals surface area contributed by atoms with Crippen LogP contribution in [0.5, 0.6) is 0 Å². The number of hydrogen-bond donors (Lipinski definition) is 0. The van der Waals surface area contributed by atoms with E-state index in [0.717, 1.165) is 28.3 Å². The first-order chi connectivity index (χ1) is 14.3. The SMILES string of the molecule is CCn1nc(C2CC2c2cnn(C)c2)cc1-c1cc(C(F)(F)F)c2nnc(C)n2n1. The van der Waals surface area contributed by atoms with Crippen LogP contribution in [0, 0.1) is 6.92 Å². The zero-order chi connectivity index (χ0) is 21.2. The highest BCUT2D eigenvalue weighted by Gasteiger charge is 2.42. The molecule has 156 valence electrons. The Bertz CT molecular complexity index is 1250. The summed E-state index contributed by atoms with van der Waals surface area (Å²) in [5, 5.41) is 20.7. The van der Waals surface area contributed by atoms with Crippen molar-refractivity contribution in [2.75, 3.05) is 0 Å². The first-order valence-corrected chi connectivity index (χ1v) is 9.63.